The lowest BCUT2D eigenvalue weighted by Gasteiger charge is -2.24. The molecule has 0 saturated heterocycles. The first kappa shape index (κ1) is 14.9. The van der Waals surface area contributed by atoms with Gasteiger partial charge in [0.2, 0.25) is 0 Å². The van der Waals surface area contributed by atoms with Crippen molar-refractivity contribution in [3.05, 3.63) is 23.9 Å². The molecule has 0 aliphatic carbocycles. The van der Waals surface area contributed by atoms with E-state index in [9.17, 15) is 0 Å². The predicted octanol–water partition coefficient (Wildman–Crippen LogP) is 1.14. The fourth-order valence-corrected chi connectivity index (χ4v) is 1.86. The van der Waals surface area contributed by atoms with Crippen molar-refractivity contribution in [2.45, 2.75) is 19.9 Å². The Kier molecular flexibility index (Phi) is 6.64. The van der Waals surface area contributed by atoms with Gasteiger partial charge >= 0.3 is 0 Å². The fourth-order valence-electron chi connectivity index (χ4n) is 1.86. The third kappa shape index (κ3) is 5.00. The lowest BCUT2D eigenvalue weighted by molar-refractivity contribution is 0.234. The van der Waals surface area contributed by atoms with Gasteiger partial charge in [0, 0.05) is 31.4 Å². The van der Waals surface area contributed by atoms with E-state index in [1.807, 2.05) is 6.07 Å². The SMILES string of the molecule is CCCN(CCN(C)C)Cc1cccnc1NN. The number of anilines is 1. The minimum Gasteiger partial charge on any atom is -0.308 e. The van der Waals surface area contributed by atoms with Gasteiger partial charge in [-0.1, -0.05) is 13.0 Å². The molecule has 0 spiro atoms. The minimum atomic E-state index is 0.767. The Bertz CT molecular complexity index is 340. The molecule has 0 amide bonds. The summed E-state index contributed by atoms with van der Waals surface area (Å²) in [5.74, 6) is 6.25. The Hall–Kier alpha value is -1.17. The van der Waals surface area contributed by atoms with Crippen molar-refractivity contribution in [2.75, 3.05) is 39.2 Å². The molecule has 5 heteroatoms. The van der Waals surface area contributed by atoms with Gasteiger partial charge in [-0.05, 0) is 33.1 Å². The highest BCUT2D eigenvalue weighted by atomic mass is 15.3. The quantitative estimate of drug-likeness (QED) is 0.536. The largest absolute Gasteiger partial charge is 0.308 e. The monoisotopic (exact) mass is 251 g/mol. The number of hydrogen-bond acceptors (Lipinski definition) is 5. The van der Waals surface area contributed by atoms with E-state index in [0.29, 0.717) is 0 Å². The van der Waals surface area contributed by atoms with Crippen LogP contribution in [-0.2, 0) is 6.54 Å². The Morgan fingerprint density at radius 2 is 2.06 bits per heavy atom. The fraction of sp³-hybridized carbons (Fsp3) is 0.615. The molecular formula is C13H25N5. The topological polar surface area (TPSA) is 57.4 Å². The number of hydrazine groups is 1. The number of nitrogen functional groups attached to an aromatic ring is 1. The van der Waals surface area contributed by atoms with Crippen LogP contribution in [0, 0.1) is 0 Å². The molecule has 0 unspecified atom stereocenters. The number of nitrogens with two attached hydrogens (primary N) is 1. The van der Waals surface area contributed by atoms with Gasteiger partial charge in [-0.15, -0.1) is 0 Å². The summed E-state index contributed by atoms with van der Waals surface area (Å²) in [6, 6.07) is 4.02. The second-order valence-electron chi connectivity index (χ2n) is 4.73. The maximum absolute atomic E-state index is 5.48. The van der Waals surface area contributed by atoms with Crippen molar-refractivity contribution in [3.63, 3.8) is 0 Å². The number of likely N-dealkylation sites (N-methyl/N-ethyl adjacent to an activating group) is 1. The maximum Gasteiger partial charge on any atom is 0.144 e. The third-order valence-electron chi connectivity index (χ3n) is 2.83. The van der Waals surface area contributed by atoms with Crippen LogP contribution in [0.25, 0.3) is 0 Å². The zero-order valence-corrected chi connectivity index (χ0v) is 11.7. The van der Waals surface area contributed by atoms with E-state index in [4.69, 9.17) is 5.84 Å². The molecule has 18 heavy (non-hydrogen) atoms. The molecule has 5 nitrogen and oxygen atoms in total. The Morgan fingerprint density at radius 3 is 2.67 bits per heavy atom. The standard InChI is InChI=1S/C13H25N5/c1-4-8-18(10-9-17(2)3)11-12-6-5-7-15-13(12)16-14/h5-7H,4,8-11,14H2,1-3H3,(H,15,16). The molecule has 0 bridgehead atoms. The first-order valence-electron chi connectivity index (χ1n) is 6.45. The molecular weight excluding hydrogens is 226 g/mol. The van der Waals surface area contributed by atoms with Gasteiger partial charge < -0.3 is 10.3 Å². The van der Waals surface area contributed by atoms with Crippen LogP contribution in [0.3, 0.4) is 0 Å². The number of hydrogen-bond donors (Lipinski definition) is 2. The van der Waals surface area contributed by atoms with Crippen LogP contribution < -0.4 is 11.3 Å². The van der Waals surface area contributed by atoms with Crippen molar-refractivity contribution in [3.8, 4) is 0 Å². The van der Waals surface area contributed by atoms with Crippen LogP contribution in [0.5, 0.6) is 0 Å². The van der Waals surface area contributed by atoms with Gasteiger partial charge in [-0.3, -0.25) is 4.90 Å². The molecule has 1 rings (SSSR count). The summed E-state index contributed by atoms with van der Waals surface area (Å²) in [5.41, 5.74) is 3.81. The van der Waals surface area contributed by atoms with Crippen LogP contribution in [0.1, 0.15) is 18.9 Å². The van der Waals surface area contributed by atoms with Gasteiger partial charge in [0.25, 0.3) is 0 Å². The molecule has 0 radical (unpaired) electrons. The lowest BCUT2D eigenvalue weighted by Crippen LogP contribution is -2.32. The number of aromatic nitrogens is 1. The van der Waals surface area contributed by atoms with E-state index >= 15 is 0 Å². The molecule has 0 saturated carbocycles. The summed E-state index contributed by atoms with van der Waals surface area (Å²) < 4.78 is 0. The molecule has 0 aliphatic rings. The molecule has 3 N–H and O–H groups in total. The van der Waals surface area contributed by atoms with Crippen molar-refractivity contribution >= 4 is 5.82 Å². The lowest BCUT2D eigenvalue weighted by atomic mass is 10.2. The van der Waals surface area contributed by atoms with Crippen LogP contribution in [0.15, 0.2) is 18.3 Å². The number of rotatable bonds is 8. The minimum absolute atomic E-state index is 0.767. The average molecular weight is 251 g/mol. The Morgan fingerprint density at radius 1 is 1.28 bits per heavy atom. The molecule has 0 aliphatic heterocycles. The number of nitrogens with zero attached hydrogens (tertiary/aromatic N) is 3. The van der Waals surface area contributed by atoms with E-state index < -0.39 is 0 Å². The molecule has 0 fully saturated rings. The summed E-state index contributed by atoms with van der Waals surface area (Å²) in [6.45, 7) is 6.29. The second-order valence-corrected chi connectivity index (χ2v) is 4.73. The van der Waals surface area contributed by atoms with Crippen LogP contribution >= 0.6 is 0 Å². The molecule has 1 aromatic rings. The predicted molar refractivity (Wildman–Crippen MR) is 76.2 cm³/mol. The normalized spacial score (nSPS) is 11.2. The van der Waals surface area contributed by atoms with E-state index in [1.165, 1.54) is 0 Å². The number of nitrogens with one attached hydrogen (secondary N) is 1. The first-order chi connectivity index (χ1) is 8.67. The Labute approximate surface area is 110 Å². The zero-order chi connectivity index (χ0) is 13.4. The van der Waals surface area contributed by atoms with Crippen molar-refractivity contribution < 1.29 is 0 Å². The zero-order valence-electron chi connectivity index (χ0n) is 11.7. The smallest absolute Gasteiger partial charge is 0.144 e. The van der Waals surface area contributed by atoms with Crippen LogP contribution in [0.4, 0.5) is 5.82 Å². The maximum atomic E-state index is 5.48. The van der Waals surface area contributed by atoms with Gasteiger partial charge in [0.15, 0.2) is 0 Å². The van der Waals surface area contributed by atoms with Crippen LogP contribution in [-0.4, -0.2) is 48.5 Å². The average Bonchev–Trinajstić information content (AvgIpc) is 2.37. The van der Waals surface area contributed by atoms with E-state index in [2.05, 4.69) is 47.3 Å². The van der Waals surface area contributed by atoms with Gasteiger partial charge in [-0.25, -0.2) is 10.8 Å². The molecule has 0 atom stereocenters. The molecule has 0 aromatic carbocycles. The highest BCUT2D eigenvalue weighted by molar-refractivity contribution is 5.42. The van der Waals surface area contributed by atoms with E-state index in [-0.39, 0.29) is 0 Å². The molecule has 102 valence electrons. The van der Waals surface area contributed by atoms with Gasteiger partial charge in [0.1, 0.15) is 5.82 Å². The van der Waals surface area contributed by atoms with E-state index in [1.54, 1.807) is 6.20 Å². The summed E-state index contributed by atoms with van der Waals surface area (Å²) in [6.07, 6.45) is 2.90. The summed E-state index contributed by atoms with van der Waals surface area (Å²) >= 11 is 0. The van der Waals surface area contributed by atoms with Crippen molar-refractivity contribution in [2.24, 2.45) is 5.84 Å². The second kappa shape index (κ2) is 8.02. The molecule has 1 heterocycles. The summed E-state index contributed by atoms with van der Waals surface area (Å²) in [4.78, 5) is 8.86. The summed E-state index contributed by atoms with van der Waals surface area (Å²) in [7, 11) is 4.20. The Balaban J connectivity index is 2.63. The van der Waals surface area contributed by atoms with Crippen molar-refractivity contribution in [1.82, 2.24) is 14.8 Å². The van der Waals surface area contributed by atoms with Gasteiger partial charge in [-0.2, -0.15) is 0 Å². The molecule has 1 aromatic heterocycles. The number of pyridine rings is 1. The van der Waals surface area contributed by atoms with Gasteiger partial charge in [0.05, 0.1) is 0 Å². The van der Waals surface area contributed by atoms with Crippen molar-refractivity contribution in [1.29, 1.82) is 0 Å². The highest BCUT2D eigenvalue weighted by Gasteiger charge is 2.09. The highest BCUT2D eigenvalue weighted by Crippen LogP contribution is 2.13. The summed E-state index contributed by atoms with van der Waals surface area (Å²) in [5, 5.41) is 0. The first-order valence-corrected chi connectivity index (χ1v) is 6.45. The third-order valence-corrected chi connectivity index (χ3v) is 2.83. The van der Waals surface area contributed by atoms with Crippen LogP contribution in [0.2, 0.25) is 0 Å². The van der Waals surface area contributed by atoms with E-state index in [0.717, 1.165) is 44.0 Å².